The SMILES string of the molecule is Brc1cc(C2C=Cc3ccccc32)cc2ccccc12. The zero-order chi connectivity index (χ0) is 13.5. The number of allylic oxidation sites excluding steroid dienone is 1. The van der Waals surface area contributed by atoms with Crippen LogP contribution in [0.25, 0.3) is 16.8 Å². The van der Waals surface area contributed by atoms with Gasteiger partial charge in [0.1, 0.15) is 0 Å². The summed E-state index contributed by atoms with van der Waals surface area (Å²) in [5.74, 6) is 0.368. The molecule has 0 aromatic heterocycles. The predicted octanol–water partition coefficient (Wildman–Crippen LogP) is 5.76. The van der Waals surface area contributed by atoms with Crippen molar-refractivity contribution >= 4 is 32.8 Å². The summed E-state index contributed by atoms with van der Waals surface area (Å²) < 4.78 is 1.17. The average molecular weight is 321 g/mol. The second kappa shape index (κ2) is 4.60. The zero-order valence-electron chi connectivity index (χ0n) is 10.9. The van der Waals surface area contributed by atoms with Crippen LogP contribution in [0.1, 0.15) is 22.6 Å². The molecule has 0 heterocycles. The molecule has 3 aromatic carbocycles. The fourth-order valence-electron chi connectivity index (χ4n) is 3.01. The Morgan fingerprint density at radius 3 is 2.60 bits per heavy atom. The molecule has 1 aliphatic carbocycles. The van der Waals surface area contributed by atoms with Crippen LogP contribution in [0.3, 0.4) is 0 Å². The minimum absolute atomic E-state index is 0.368. The monoisotopic (exact) mass is 320 g/mol. The third kappa shape index (κ3) is 1.82. The molecule has 0 spiro atoms. The second-order valence-corrected chi connectivity index (χ2v) is 6.04. The number of benzene rings is 3. The molecule has 1 heteroatoms. The fourth-order valence-corrected chi connectivity index (χ4v) is 3.63. The summed E-state index contributed by atoms with van der Waals surface area (Å²) in [6.07, 6.45) is 4.52. The Hall–Kier alpha value is -1.86. The van der Waals surface area contributed by atoms with Crippen molar-refractivity contribution in [3.63, 3.8) is 0 Å². The van der Waals surface area contributed by atoms with E-state index in [9.17, 15) is 0 Å². The molecule has 96 valence electrons. The summed E-state index contributed by atoms with van der Waals surface area (Å²) in [4.78, 5) is 0. The van der Waals surface area contributed by atoms with Gasteiger partial charge >= 0.3 is 0 Å². The minimum Gasteiger partial charge on any atom is -0.0720 e. The lowest BCUT2D eigenvalue weighted by atomic mass is 9.91. The third-order valence-electron chi connectivity index (χ3n) is 3.99. The Bertz CT molecular complexity index is 830. The highest BCUT2D eigenvalue weighted by Crippen LogP contribution is 2.38. The van der Waals surface area contributed by atoms with Gasteiger partial charge in [-0.25, -0.2) is 0 Å². The predicted molar refractivity (Wildman–Crippen MR) is 89.0 cm³/mol. The molecule has 0 nitrogen and oxygen atoms in total. The summed E-state index contributed by atoms with van der Waals surface area (Å²) in [5.41, 5.74) is 4.08. The van der Waals surface area contributed by atoms with Crippen LogP contribution in [0.15, 0.2) is 71.2 Å². The largest absolute Gasteiger partial charge is 0.0720 e. The maximum absolute atomic E-state index is 3.71. The van der Waals surface area contributed by atoms with Crippen LogP contribution in [-0.4, -0.2) is 0 Å². The molecule has 0 saturated heterocycles. The lowest BCUT2D eigenvalue weighted by Gasteiger charge is -2.13. The first-order chi connectivity index (χ1) is 9.83. The normalized spacial score (nSPS) is 16.6. The van der Waals surface area contributed by atoms with E-state index in [0.717, 1.165) is 0 Å². The van der Waals surface area contributed by atoms with Gasteiger partial charge in [-0.05, 0) is 33.5 Å². The van der Waals surface area contributed by atoms with Gasteiger partial charge in [-0.2, -0.15) is 0 Å². The van der Waals surface area contributed by atoms with E-state index in [0.29, 0.717) is 5.92 Å². The van der Waals surface area contributed by atoms with Crippen LogP contribution in [0.5, 0.6) is 0 Å². The quantitative estimate of drug-likeness (QED) is 0.534. The highest BCUT2D eigenvalue weighted by atomic mass is 79.9. The molecule has 0 bridgehead atoms. The molecule has 3 aromatic rings. The summed E-state index contributed by atoms with van der Waals surface area (Å²) in [6, 6.07) is 21.7. The summed E-state index contributed by atoms with van der Waals surface area (Å²) in [5, 5.41) is 2.56. The Morgan fingerprint density at radius 2 is 1.65 bits per heavy atom. The zero-order valence-corrected chi connectivity index (χ0v) is 12.5. The molecule has 0 aliphatic heterocycles. The van der Waals surface area contributed by atoms with E-state index in [-0.39, 0.29) is 0 Å². The van der Waals surface area contributed by atoms with Crippen molar-refractivity contribution in [1.29, 1.82) is 0 Å². The molecule has 1 atom stereocenters. The van der Waals surface area contributed by atoms with Crippen molar-refractivity contribution < 1.29 is 0 Å². The fraction of sp³-hybridized carbons (Fsp3) is 0.0526. The highest BCUT2D eigenvalue weighted by molar-refractivity contribution is 9.10. The number of hydrogen-bond acceptors (Lipinski definition) is 0. The van der Waals surface area contributed by atoms with Crippen molar-refractivity contribution in [2.24, 2.45) is 0 Å². The molecule has 0 amide bonds. The minimum atomic E-state index is 0.368. The lowest BCUT2D eigenvalue weighted by molar-refractivity contribution is 1.05. The van der Waals surface area contributed by atoms with E-state index < -0.39 is 0 Å². The number of halogens is 1. The standard InChI is InChI=1S/C19H13Br/c20-19-12-15(11-14-6-2-4-8-18(14)19)17-10-9-13-5-1-3-7-16(13)17/h1-12,17H. The van der Waals surface area contributed by atoms with Gasteiger partial charge < -0.3 is 0 Å². The Labute approximate surface area is 126 Å². The molecule has 0 fully saturated rings. The van der Waals surface area contributed by atoms with Crippen LogP contribution >= 0.6 is 15.9 Å². The van der Waals surface area contributed by atoms with Gasteiger partial charge in [0.2, 0.25) is 0 Å². The van der Waals surface area contributed by atoms with Gasteiger partial charge in [0.15, 0.2) is 0 Å². The van der Waals surface area contributed by atoms with Gasteiger partial charge in [0, 0.05) is 10.4 Å². The molecule has 1 unspecified atom stereocenters. The first kappa shape index (κ1) is 11.9. The maximum atomic E-state index is 3.71. The third-order valence-corrected chi connectivity index (χ3v) is 4.65. The van der Waals surface area contributed by atoms with Crippen molar-refractivity contribution in [2.75, 3.05) is 0 Å². The topological polar surface area (TPSA) is 0 Å². The van der Waals surface area contributed by atoms with Crippen LogP contribution in [0, 0.1) is 0 Å². The van der Waals surface area contributed by atoms with Crippen LogP contribution in [0.4, 0.5) is 0 Å². The molecule has 20 heavy (non-hydrogen) atoms. The number of hydrogen-bond donors (Lipinski definition) is 0. The van der Waals surface area contributed by atoms with Gasteiger partial charge in [0.25, 0.3) is 0 Å². The lowest BCUT2D eigenvalue weighted by Crippen LogP contribution is -1.96. The van der Waals surface area contributed by atoms with Gasteiger partial charge in [-0.3, -0.25) is 0 Å². The number of rotatable bonds is 1. The van der Waals surface area contributed by atoms with E-state index in [1.165, 1.54) is 31.9 Å². The van der Waals surface area contributed by atoms with Crippen LogP contribution < -0.4 is 0 Å². The van der Waals surface area contributed by atoms with Crippen molar-refractivity contribution in [3.8, 4) is 0 Å². The summed E-state index contributed by atoms with van der Waals surface area (Å²) >= 11 is 3.71. The van der Waals surface area contributed by atoms with E-state index in [1.54, 1.807) is 0 Å². The van der Waals surface area contributed by atoms with E-state index in [1.807, 2.05) is 0 Å². The Balaban J connectivity index is 1.90. The Morgan fingerprint density at radius 1 is 0.850 bits per heavy atom. The van der Waals surface area contributed by atoms with E-state index >= 15 is 0 Å². The van der Waals surface area contributed by atoms with Crippen molar-refractivity contribution in [1.82, 2.24) is 0 Å². The summed E-state index contributed by atoms with van der Waals surface area (Å²) in [7, 11) is 0. The van der Waals surface area contributed by atoms with Crippen LogP contribution in [0.2, 0.25) is 0 Å². The van der Waals surface area contributed by atoms with Gasteiger partial charge in [-0.1, -0.05) is 82.7 Å². The molecule has 0 radical (unpaired) electrons. The smallest absolute Gasteiger partial charge is 0.0279 e. The van der Waals surface area contributed by atoms with Crippen LogP contribution in [-0.2, 0) is 0 Å². The first-order valence-corrected chi connectivity index (χ1v) is 7.57. The van der Waals surface area contributed by atoms with Crippen molar-refractivity contribution in [2.45, 2.75) is 5.92 Å². The Kier molecular flexibility index (Phi) is 2.75. The molecule has 0 saturated carbocycles. The van der Waals surface area contributed by atoms with Crippen molar-refractivity contribution in [3.05, 3.63) is 87.9 Å². The number of fused-ring (bicyclic) bond motifs is 2. The van der Waals surface area contributed by atoms with Gasteiger partial charge in [-0.15, -0.1) is 0 Å². The molecule has 4 rings (SSSR count). The molecular weight excluding hydrogens is 308 g/mol. The first-order valence-electron chi connectivity index (χ1n) is 6.78. The highest BCUT2D eigenvalue weighted by Gasteiger charge is 2.19. The molecule has 0 N–H and O–H groups in total. The molecular formula is C19H13Br. The maximum Gasteiger partial charge on any atom is 0.0279 e. The summed E-state index contributed by atoms with van der Waals surface area (Å²) in [6.45, 7) is 0. The van der Waals surface area contributed by atoms with Gasteiger partial charge in [0.05, 0.1) is 0 Å². The second-order valence-electron chi connectivity index (χ2n) is 5.19. The van der Waals surface area contributed by atoms with E-state index in [4.69, 9.17) is 0 Å². The average Bonchev–Trinajstić information content (AvgIpc) is 2.91. The van der Waals surface area contributed by atoms with E-state index in [2.05, 4.69) is 88.7 Å². The molecule has 1 aliphatic rings.